The van der Waals surface area contributed by atoms with Crippen molar-refractivity contribution in [3.63, 3.8) is 0 Å². The largest absolute Gasteiger partial charge is 0.484 e. The maximum absolute atomic E-state index is 11.1. The maximum Gasteiger partial charge on any atom is 0.257 e. The summed E-state index contributed by atoms with van der Waals surface area (Å²) in [5, 5.41) is 5.98. The number of amides is 1. The van der Waals surface area contributed by atoms with Crippen molar-refractivity contribution < 1.29 is 9.53 Å². The number of hydrogen-bond acceptors (Lipinski definition) is 3. The monoisotopic (exact) mass is 262 g/mol. The standard InChI is InChI=1S/C15H22N2O2/c1-16-15(18)11-19-14-8-4-7-13(9-14)17-10-12-5-2-3-6-12/h4,7-9,12,17H,2-3,5-6,10-11H2,1H3,(H,16,18). The van der Waals surface area contributed by atoms with Crippen molar-refractivity contribution in [2.45, 2.75) is 25.7 Å². The molecule has 0 bridgehead atoms. The summed E-state index contributed by atoms with van der Waals surface area (Å²) < 4.78 is 5.42. The van der Waals surface area contributed by atoms with Crippen LogP contribution in [-0.2, 0) is 4.79 Å². The van der Waals surface area contributed by atoms with Crippen molar-refractivity contribution in [2.24, 2.45) is 5.92 Å². The van der Waals surface area contributed by atoms with Crippen molar-refractivity contribution in [1.82, 2.24) is 5.32 Å². The van der Waals surface area contributed by atoms with Gasteiger partial charge in [-0.25, -0.2) is 0 Å². The third kappa shape index (κ3) is 4.47. The highest BCUT2D eigenvalue weighted by Gasteiger charge is 2.14. The zero-order valence-electron chi connectivity index (χ0n) is 11.4. The number of hydrogen-bond donors (Lipinski definition) is 2. The molecule has 0 atom stereocenters. The fourth-order valence-corrected chi connectivity index (χ4v) is 2.39. The number of nitrogens with one attached hydrogen (secondary N) is 2. The van der Waals surface area contributed by atoms with Gasteiger partial charge in [-0.2, -0.15) is 0 Å². The third-order valence-corrected chi connectivity index (χ3v) is 3.55. The van der Waals surface area contributed by atoms with E-state index in [1.54, 1.807) is 7.05 Å². The Morgan fingerprint density at radius 3 is 2.89 bits per heavy atom. The molecule has 4 nitrogen and oxygen atoms in total. The molecule has 2 N–H and O–H groups in total. The molecule has 1 aliphatic carbocycles. The van der Waals surface area contributed by atoms with E-state index in [0.717, 1.165) is 23.9 Å². The molecule has 0 heterocycles. The lowest BCUT2D eigenvalue weighted by molar-refractivity contribution is -0.122. The molecular formula is C15H22N2O2. The van der Waals surface area contributed by atoms with Gasteiger partial charge in [0.25, 0.3) is 5.91 Å². The summed E-state index contributed by atoms with van der Waals surface area (Å²) >= 11 is 0. The molecule has 4 heteroatoms. The fourth-order valence-electron chi connectivity index (χ4n) is 2.39. The Balaban J connectivity index is 1.82. The van der Waals surface area contributed by atoms with Crippen LogP contribution in [0.3, 0.4) is 0 Å². The molecule has 0 radical (unpaired) electrons. The molecule has 1 fully saturated rings. The quantitative estimate of drug-likeness (QED) is 0.827. The van der Waals surface area contributed by atoms with Gasteiger partial charge in [-0.15, -0.1) is 0 Å². The highest BCUT2D eigenvalue weighted by atomic mass is 16.5. The van der Waals surface area contributed by atoms with Crippen LogP contribution in [0.15, 0.2) is 24.3 Å². The smallest absolute Gasteiger partial charge is 0.257 e. The molecule has 0 unspecified atom stereocenters. The molecule has 0 aromatic heterocycles. The summed E-state index contributed by atoms with van der Waals surface area (Å²) in [4.78, 5) is 11.1. The second kappa shape index (κ2) is 7.02. The van der Waals surface area contributed by atoms with Gasteiger partial charge in [0.1, 0.15) is 5.75 Å². The molecule has 1 aromatic rings. The van der Waals surface area contributed by atoms with Gasteiger partial charge in [0, 0.05) is 25.3 Å². The number of likely N-dealkylation sites (N-methyl/N-ethyl adjacent to an activating group) is 1. The first-order chi connectivity index (χ1) is 9.28. The fraction of sp³-hybridized carbons (Fsp3) is 0.533. The summed E-state index contributed by atoms with van der Waals surface area (Å²) in [7, 11) is 1.60. The van der Waals surface area contributed by atoms with Crippen molar-refractivity contribution in [3.8, 4) is 5.75 Å². The average molecular weight is 262 g/mol. The Morgan fingerprint density at radius 2 is 2.16 bits per heavy atom. The molecule has 1 aliphatic rings. The van der Waals surface area contributed by atoms with Crippen molar-refractivity contribution >= 4 is 11.6 Å². The SMILES string of the molecule is CNC(=O)COc1cccc(NCC2CCCC2)c1. The van der Waals surface area contributed by atoms with Crippen molar-refractivity contribution in [3.05, 3.63) is 24.3 Å². The molecule has 1 saturated carbocycles. The highest BCUT2D eigenvalue weighted by Crippen LogP contribution is 2.25. The summed E-state index contributed by atoms with van der Waals surface area (Å²) in [6, 6.07) is 7.78. The van der Waals surface area contributed by atoms with Gasteiger partial charge in [0.05, 0.1) is 0 Å². The zero-order valence-corrected chi connectivity index (χ0v) is 11.4. The van der Waals surface area contributed by atoms with E-state index in [4.69, 9.17) is 4.74 Å². The normalized spacial score (nSPS) is 15.2. The Kier molecular flexibility index (Phi) is 5.07. The number of ether oxygens (including phenoxy) is 1. The summed E-state index contributed by atoms with van der Waals surface area (Å²) in [6.45, 7) is 1.08. The second-order valence-corrected chi connectivity index (χ2v) is 5.02. The Hall–Kier alpha value is -1.71. The predicted molar refractivity (Wildman–Crippen MR) is 76.5 cm³/mol. The van der Waals surface area contributed by atoms with E-state index >= 15 is 0 Å². The van der Waals surface area contributed by atoms with E-state index in [-0.39, 0.29) is 12.5 Å². The van der Waals surface area contributed by atoms with Crippen LogP contribution in [0.4, 0.5) is 5.69 Å². The van der Waals surface area contributed by atoms with E-state index in [1.165, 1.54) is 25.7 Å². The van der Waals surface area contributed by atoms with Crippen molar-refractivity contribution in [1.29, 1.82) is 0 Å². The summed E-state index contributed by atoms with van der Waals surface area (Å²) in [5.74, 6) is 1.40. The number of benzene rings is 1. The number of carbonyl (C=O) groups is 1. The van der Waals surface area contributed by atoms with Gasteiger partial charge in [-0.1, -0.05) is 18.9 Å². The number of anilines is 1. The molecule has 1 amide bonds. The Bertz CT molecular complexity index is 414. The van der Waals surface area contributed by atoms with E-state index in [2.05, 4.69) is 10.6 Å². The van der Waals surface area contributed by atoms with E-state index in [1.807, 2.05) is 24.3 Å². The molecule has 0 spiro atoms. The zero-order chi connectivity index (χ0) is 13.5. The van der Waals surface area contributed by atoms with Crippen LogP contribution in [0.25, 0.3) is 0 Å². The van der Waals surface area contributed by atoms with Crippen molar-refractivity contribution in [2.75, 3.05) is 25.5 Å². The first kappa shape index (κ1) is 13.7. The first-order valence-electron chi connectivity index (χ1n) is 6.95. The molecule has 19 heavy (non-hydrogen) atoms. The van der Waals surface area contributed by atoms with E-state index in [0.29, 0.717) is 0 Å². The van der Waals surface area contributed by atoms with Crippen LogP contribution in [0.5, 0.6) is 5.75 Å². The number of rotatable bonds is 6. The third-order valence-electron chi connectivity index (χ3n) is 3.55. The van der Waals surface area contributed by atoms with Crippen LogP contribution in [-0.4, -0.2) is 26.1 Å². The summed E-state index contributed by atoms with van der Waals surface area (Å²) in [6.07, 6.45) is 5.39. The minimum atomic E-state index is -0.121. The predicted octanol–water partition coefficient (Wildman–Crippen LogP) is 2.41. The Morgan fingerprint density at radius 1 is 1.37 bits per heavy atom. The van der Waals surface area contributed by atoms with Gasteiger partial charge < -0.3 is 15.4 Å². The van der Waals surface area contributed by atoms with Gasteiger partial charge in [-0.05, 0) is 30.9 Å². The topological polar surface area (TPSA) is 50.4 Å². The molecule has 1 aromatic carbocycles. The average Bonchev–Trinajstić information content (AvgIpc) is 2.96. The highest BCUT2D eigenvalue weighted by molar-refractivity contribution is 5.77. The first-order valence-corrected chi connectivity index (χ1v) is 6.95. The maximum atomic E-state index is 11.1. The van der Waals surface area contributed by atoms with Crippen LogP contribution in [0.2, 0.25) is 0 Å². The van der Waals surface area contributed by atoms with Gasteiger partial charge >= 0.3 is 0 Å². The van der Waals surface area contributed by atoms with Gasteiger partial charge in [-0.3, -0.25) is 4.79 Å². The van der Waals surface area contributed by atoms with Crippen LogP contribution < -0.4 is 15.4 Å². The Labute approximate surface area is 114 Å². The van der Waals surface area contributed by atoms with Crippen LogP contribution in [0, 0.1) is 5.92 Å². The summed E-state index contributed by atoms with van der Waals surface area (Å²) in [5.41, 5.74) is 1.06. The van der Waals surface area contributed by atoms with Gasteiger partial charge in [0.15, 0.2) is 6.61 Å². The number of carbonyl (C=O) groups excluding carboxylic acids is 1. The molecular weight excluding hydrogens is 240 g/mol. The van der Waals surface area contributed by atoms with Crippen LogP contribution in [0.1, 0.15) is 25.7 Å². The minimum Gasteiger partial charge on any atom is -0.484 e. The molecule has 2 rings (SSSR count). The van der Waals surface area contributed by atoms with Gasteiger partial charge in [0.2, 0.25) is 0 Å². The molecule has 0 saturated heterocycles. The lowest BCUT2D eigenvalue weighted by Gasteiger charge is -2.13. The minimum absolute atomic E-state index is 0.0581. The lowest BCUT2D eigenvalue weighted by Crippen LogP contribution is -2.24. The van der Waals surface area contributed by atoms with E-state index < -0.39 is 0 Å². The molecule has 104 valence electrons. The van der Waals surface area contributed by atoms with E-state index in [9.17, 15) is 4.79 Å². The lowest BCUT2D eigenvalue weighted by atomic mass is 10.1. The second-order valence-electron chi connectivity index (χ2n) is 5.02. The van der Waals surface area contributed by atoms with Crippen LogP contribution >= 0.6 is 0 Å². The molecule has 0 aliphatic heterocycles.